The van der Waals surface area contributed by atoms with Gasteiger partial charge in [-0.3, -0.25) is 4.79 Å². The van der Waals surface area contributed by atoms with Gasteiger partial charge in [0, 0.05) is 23.2 Å². The summed E-state index contributed by atoms with van der Waals surface area (Å²) in [6.07, 6.45) is 0. The molecule has 1 aromatic heterocycles. The summed E-state index contributed by atoms with van der Waals surface area (Å²) in [5.41, 5.74) is 5.41. The van der Waals surface area contributed by atoms with E-state index in [4.69, 9.17) is 10.8 Å². The monoisotopic (exact) mass is 303 g/mol. The van der Waals surface area contributed by atoms with Crippen LogP contribution in [0.1, 0.15) is 11.7 Å². The number of hydrogen-bond acceptors (Lipinski definition) is 5. The van der Waals surface area contributed by atoms with Crippen molar-refractivity contribution in [3.8, 4) is 0 Å². The first kappa shape index (κ1) is 14.3. The van der Waals surface area contributed by atoms with Gasteiger partial charge in [0.15, 0.2) is 22.6 Å². The molecule has 2 rings (SSSR count). The second-order valence-electron chi connectivity index (χ2n) is 3.77. The fourth-order valence-corrected chi connectivity index (χ4v) is 2.13. The smallest absolute Gasteiger partial charge is 0.326 e. The van der Waals surface area contributed by atoms with Crippen molar-refractivity contribution in [3.63, 3.8) is 0 Å². The maximum atomic E-state index is 13.0. The molecule has 9 heteroatoms. The highest BCUT2D eigenvalue weighted by Crippen LogP contribution is 2.25. The van der Waals surface area contributed by atoms with Gasteiger partial charge in [-0.15, -0.1) is 11.3 Å². The lowest BCUT2D eigenvalue weighted by atomic mass is 10.2. The highest BCUT2D eigenvalue weighted by atomic mass is 32.1. The Bertz CT molecular complexity index is 639. The summed E-state index contributed by atoms with van der Waals surface area (Å²) in [5.74, 6) is -5.50. The first-order valence-electron chi connectivity index (χ1n) is 5.24. The Balaban J connectivity index is 2.21. The number of carboxylic acid groups (broad SMARTS) is 1. The van der Waals surface area contributed by atoms with Crippen LogP contribution in [0.15, 0.2) is 17.5 Å². The number of halogens is 3. The molecule has 1 heterocycles. The van der Waals surface area contributed by atoms with Crippen LogP contribution in [0.4, 0.5) is 24.0 Å². The van der Waals surface area contributed by atoms with Crippen LogP contribution in [-0.4, -0.2) is 16.1 Å². The van der Waals surface area contributed by atoms with Gasteiger partial charge in [-0.25, -0.2) is 18.2 Å². The number of hydrogen-bond donors (Lipinski definition) is 3. The van der Waals surface area contributed by atoms with E-state index in [1.807, 2.05) is 0 Å². The van der Waals surface area contributed by atoms with Crippen molar-refractivity contribution in [2.24, 2.45) is 5.73 Å². The zero-order valence-corrected chi connectivity index (χ0v) is 10.5. The van der Waals surface area contributed by atoms with E-state index in [1.165, 1.54) is 5.38 Å². The molecule has 1 unspecified atom stereocenters. The van der Waals surface area contributed by atoms with Crippen LogP contribution in [0.5, 0.6) is 0 Å². The van der Waals surface area contributed by atoms with E-state index >= 15 is 0 Å². The first-order valence-corrected chi connectivity index (χ1v) is 6.12. The minimum absolute atomic E-state index is 0.0498. The topological polar surface area (TPSA) is 88.2 Å². The predicted molar refractivity (Wildman–Crippen MR) is 66.3 cm³/mol. The van der Waals surface area contributed by atoms with E-state index in [9.17, 15) is 18.0 Å². The fraction of sp³-hybridized carbons (Fsp3) is 0.0909. The molecule has 0 radical (unpaired) electrons. The summed E-state index contributed by atoms with van der Waals surface area (Å²) in [6, 6.07) is 0.233. The Hall–Kier alpha value is -2.13. The molecular formula is C11H8F3N3O2S. The zero-order chi connectivity index (χ0) is 14.9. The highest BCUT2D eigenvalue weighted by molar-refractivity contribution is 7.13. The van der Waals surface area contributed by atoms with E-state index in [-0.39, 0.29) is 16.5 Å². The molecule has 0 aliphatic carbocycles. The van der Waals surface area contributed by atoms with Crippen molar-refractivity contribution in [3.05, 3.63) is 40.7 Å². The maximum Gasteiger partial charge on any atom is 0.326 e. The molecule has 20 heavy (non-hydrogen) atoms. The quantitative estimate of drug-likeness (QED) is 0.755. The van der Waals surface area contributed by atoms with Crippen molar-refractivity contribution < 1.29 is 23.1 Å². The molecule has 0 fully saturated rings. The molecule has 4 N–H and O–H groups in total. The zero-order valence-electron chi connectivity index (χ0n) is 9.73. The van der Waals surface area contributed by atoms with Crippen LogP contribution in [0.3, 0.4) is 0 Å². The SMILES string of the molecule is NC(C(=O)O)c1csc(Nc2cc(F)c(F)c(F)c2)n1. The van der Waals surface area contributed by atoms with Crippen LogP contribution in [-0.2, 0) is 4.79 Å². The third-order valence-corrected chi connectivity index (χ3v) is 3.12. The Morgan fingerprint density at radius 2 is 1.95 bits per heavy atom. The van der Waals surface area contributed by atoms with E-state index in [2.05, 4.69) is 10.3 Å². The van der Waals surface area contributed by atoms with Crippen molar-refractivity contribution in [1.29, 1.82) is 0 Å². The molecule has 1 atom stereocenters. The number of carbonyl (C=O) groups is 1. The largest absolute Gasteiger partial charge is 0.480 e. The molecule has 0 spiro atoms. The van der Waals surface area contributed by atoms with Gasteiger partial charge in [0.05, 0.1) is 5.69 Å². The van der Waals surface area contributed by atoms with Crippen LogP contribution in [0.25, 0.3) is 0 Å². The van der Waals surface area contributed by atoms with Crippen molar-refractivity contribution in [2.45, 2.75) is 6.04 Å². The summed E-state index contributed by atoms with van der Waals surface area (Å²) < 4.78 is 38.8. The molecule has 2 aromatic rings. The van der Waals surface area contributed by atoms with Crippen LogP contribution < -0.4 is 11.1 Å². The third-order valence-electron chi connectivity index (χ3n) is 2.34. The number of nitrogens with zero attached hydrogens (tertiary/aromatic N) is 1. The summed E-state index contributed by atoms with van der Waals surface area (Å²) in [4.78, 5) is 14.5. The number of anilines is 2. The second kappa shape index (κ2) is 5.47. The lowest BCUT2D eigenvalue weighted by Gasteiger charge is -2.04. The van der Waals surface area contributed by atoms with Gasteiger partial charge in [-0.2, -0.15) is 0 Å². The Morgan fingerprint density at radius 3 is 2.50 bits per heavy atom. The normalized spacial score (nSPS) is 12.2. The summed E-state index contributed by atoms with van der Waals surface area (Å²) in [6.45, 7) is 0. The van der Waals surface area contributed by atoms with E-state index in [0.717, 1.165) is 23.5 Å². The van der Waals surface area contributed by atoms with E-state index in [0.29, 0.717) is 0 Å². The first-order chi connectivity index (χ1) is 9.38. The molecule has 106 valence electrons. The van der Waals surface area contributed by atoms with Gasteiger partial charge in [0.1, 0.15) is 6.04 Å². The number of rotatable bonds is 4. The Kier molecular flexibility index (Phi) is 3.91. The minimum atomic E-state index is -1.57. The van der Waals surface area contributed by atoms with Gasteiger partial charge < -0.3 is 16.2 Å². The van der Waals surface area contributed by atoms with Crippen LogP contribution in [0.2, 0.25) is 0 Å². The molecule has 0 saturated carbocycles. The molecular weight excluding hydrogens is 295 g/mol. The lowest BCUT2D eigenvalue weighted by Crippen LogP contribution is -2.20. The number of carboxylic acids is 1. The molecule has 1 aromatic carbocycles. The minimum Gasteiger partial charge on any atom is -0.480 e. The van der Waals surface area contributed by atoms with Gasteiger partial charge in [0.2, 0.25) is 0 Å². The summed E-state index contributed by atoms with van der Waals surface area (Å²) >= 11 is 1.00. The van der Waals surface area contributed by atoms with E-state index < -0.39 is 29.5 Å². The molecule has 5 nitrogen and oxygen atoms in total. The number of nitrogens with two attached hydrogens (primary N) is 1. The molecule has 0 aliphatic heterocycles. The van der Waals surface area contributed by atoms with Gasteiger partial charge in [-0.1, -0.05) is 0 Å². The number of benzene rings is 1. The van der Waals surface area contributed by atoms with E-state index in [1.54, 1.807) is 0 Å². The second-order valence-corrected chi connectivity index (χ2v) is 4.63. The van der Waals surface area contributed by atoms with Gasteiger partial charge in [0.25, 0.3) is 0 Å². The fourth-order valence-electron chi connectivity index (χ4n) is 1.36. The Labute approximate surface area is 114 Å². The van der Waals surface area contributed by atoms with Gasteiger partial charge in [-0.05, 0) is 0 Å². The maximum absolute atomic E-state index is 13.0. The number of aromatic nitrogens is 1. The average Bonchev–Trinajstić information content (AvgIpc) is 2.83. The molecule has 0 amide bonds. The van der Waals surface area contributed by atoms with Crippen LogP contribution >= 0.6 is 11.3 Å². The highest BCUT2D eigenvalue weighted by Gasteiger charge is 2.18. The third kappa shape index (κ3) is 2.89. The Morgan fingerprint density at radius 1 is 1.35 bits per heavy atom. The van der Waals surface area contributed by atoms with Crippen molar-refractivity contribution in [1.82, 2.24) is 4.98 Å². The van der Waals surface area contributed by atoms with Crippen molar-refractivity contribution >= 4 is 28.1 Å². The van der Waals surface area contributed by atoms with Crippen LogP contribution in [0, 0.1) is 17.5 Å². The predicted octanol–water partition coefficient (Wildman–Crippen LogP) is 2.39. The molecule has 0 saturated heterocycles. The number of nitrogens with one attached hydrogen (secondary N) is 1. The average molecular weight is 303 g/mol. The number of thiazole rings is 1. The molecule has 0 bridgehead atoms. The lowest BCUT2D eigenvalue weighted by molar-refractivity contribution is -0.138. The van der Waals surface area contributed by atoms with Crippen molar-refractivity contribution in [2.75, 3.05) is 5.32 Å². The molecule has 0 aliphatic rings. The summed E-state index contributed by atoms with van der Waals surface area (Å²) in [5, 5.41) is 12.8. The number of aliphatic carboxylic acids is 1. The standard InChI is InChI=1S/C11H8F3N3O2S/c12-5-1-4(2-6(13)8(5)14)16-11-17-7(3-20-11)9(15)10(18)19/h1-3,9H,15H2,(H,16,17)(H,18,19). The summed E-state index contributed by atoms with van der Waals surface area (Å²) in [7, 11) is 0. The van der Waals surface area contributed by atoms with Gasteiger partial charge >= 0.3 is 5.97 Å².